The van der Waals surface area contributed by atoms with E-state index in [9.17, 15) is 4.39 Å². The zero-order chi connectivity index (χ0) is 12.3. The lowest BCUT2D eigenvalue weighted by Crippen LogP contribution is -1.97. The summed E-state index contributed by atoms with van der Waals surface area (Å²) in [5.41, 5.74) is 0.418. The van der Waals surface area contributed by atoms with Gasteiger partial charge >= 0.3 is 0 Å². The van der Waals surface area contributed by atoms with Crippen LogP contribution in [0.3, 0.4) is 0 Å². The molecule has 1 aromatic heterocycles. The zero-order valence-electron chi connectivity index (χ0n) is 9.22. The molecule has 1 aromatic carbocycles. The number of nitrogens with zero attached hydrogens (tertiary/aromatic N) is 2. The number of benzene rings is 1. The van der Waals surface area contributed by atoms with Crippen molar-refractivity contribution < 1.29 is 9.50 Å². The third-order valence-electron chi connectivity index (χ3n) is 2.22. The van der Waals surface area contributed by atoms with Gasteiger partial charge in [0.25, 0.3) is 0 Å². The molecule has 0 aliphatic heterocycles. The second-order valence-electron chi connectivity index (χ2n) is 3.39. The van der Waals surface area contributed by atoms with Crippen LogP contribution in [0.2, 0.25) is 0 Å². The molecule has 0 aliphatic carbocycles. The molecule has 0 atom stereocenters. The third-order valence-corrected chi connectivity index (χ3v) is 3.20. The van der Waals surface area contributed by atoms with Gasteiger partial charge in [0.05, 0.1) is 5.69 Å². The first-order chi connectivity index (χ1) is 8.20. The zero-order valence-corrected chi connectivity index (χ0v) is 10.0. The minimum absolute atomic E-state index is 0.187. The first-order valence-electron chi connectivity index (χ1n) is 5.17. The molecular formula is C12H11FN2OS. The van der Waals surface area contributed by atoms with E-state index in [0.717, 1.165) is 4.90 Å². The number of phenolic OH excluding ortho intramolecular Hbond substituents is 1. The molecule has 3 nitrogen and oxygen atoms in total. The van der Waals surface area contributed by atoms with Gasteiger partial charge in [0, 0.05) is 4.90 Å². The van der Waals surface area contributed by atoms with Gasteiger partial charge in [-0.2, -0.15) is 0 Å². The van der Waals surface area contributed by atoms with Gasteiger partial charge in [0.2, 0.25) is 0 Å². The number of halogens is 1. The van der Waals surface area contributed by atoms with Crippen LogP contribution >= 0.6 is 11.8 Å². The van der Waals surface area contributed by atoms with Crippen molar-refractivity contribution in [2.45, 2.75) is 23.3 Å². The average molecular weight is 250 g/mol. The lowest BCUT2D eigenvalue weighted by Gasteiger charge is -2.04. The molecule has 2 aromatic rings. The van der Waals surface area contributed by atoms with Crippen LogP contribution in [0.15, 0.2) is 40.5 Å². The molecule has 0 aliphatic rings. The van der Waals surface area contributed by atoms with E-state index in [-0.39, 0.29) is 11.6 Å². The highest BCUT2D eigenvalue weighted by Crippen LogP contribution is 2.29. The number of rotatable bonds is 3. The fraction of sp³-hybridized carbons (Fsp3) is 0.167. The van der Waals surface area contributed by atoms with Gasteiger partial charge in [0.15, 0.2) is 5.82 Å². The molecule has 0 bridgehead atoms. The first-order valence-corrected chi connectivity index (χ1v) is 5.98. The van der Waals surface area contributed by atoms with E-state index in [0.29, 0.717) is 17.1 Å². The highest BCUT2D eigenvalue weighted by Gasteiger charge is 2.10. The molecule has 1 heterocycles. The van der Waals surface area contributed by atoms with E-state index >= 15 is 0 Å². The summed E-state index contributed by atoms with van der Waals surface area (Å²) in [6.45, 7) is 1.85. The fourth-order valence-corrected chi connectivity index (χ4v) is 2.13. The Hall–Kier alpha value is -1.62. The minimum Gasteiger partial charge on any atom is -0.508 e. The second kappa shape index (κ2) is 5.14. The van der Waals surface area contributed by atoms with Crippen molar-refractivity contribution in [2.75, 3.05) is 0 Å². The molecule has 0 radical (unpaired) electrons. The number of aromatic hydroxyl groups is 1. The van der Waals surface area contributed by atoms with Crippen molar-refractivity contribution in [3.05, 3.63) is 42.1 Å². The van der Waals surface area contributed by atoms with E-state index in [2.05, 4.69) is 9.97 Å². The van der Waals surface area contributed by atoms with Crippen LogP contribution in [0.5, 0.6) is 5.75 Å². The quantitative estimate of drug-likeness (QED) is 0.850. The van der Waals surface area contributed by atoms with E-state index in [1.807, 2.05) is 6.92 Å². The summed E-state index contributed by atoms with van der Waals surface area (Å²) < 4.78 is 13.8. The summed E-state index contributed by atoms with van der Waals surface area (Å²) in [7, 11) is 0. The van der Waals surface area contributed by atoms with Crippen LogP contribution in [0, 0.1) is 5.82 Å². The summed E-state index contributed by atoms with van der Waals surface area (Å²) in [4.78, 5) is 8.61. The third kappa shape index (κ3) is 2.74. The summed E-state index contributed by atoms with van der Waals surface area (Å²) in [5, 5.41) is 9.46. The average Bonchev–Trinajstić information content (AvgIpc) is 2.35. The Morgan fingerprint density at radius 1 is 1.24 bits per heavy atom. The molecular weight excluding hydrogens is 239 g/mol. The van der Waals surface area contributed by atoms with Crippen LogP contribution in [0.1, 0.15) is 12.6 Å². The summed E-state index contributed by atoms with van der Waals surface area (Å²) in [6, 6.07) is 6.55. The van der Waals surface area contributed by atoms with Crippen LogP contribution in [0.4, 0.5) is 4.39 Å². The SMILES string of the molecule is CCc1ncnc(Sc2ccc(O)cc2)c1F. The molecule has 2 rings (SSSR count). The van der Waals surface area contributed by atoms with Crippen LogP contribution < -0.4 is 0 Å². The van der Waals surface area contributed by atoms with E-state index in [1.165, 1.54) is 18.1 Å². The maximum atomic E-state index is 13.8. The fourth-order valence-electron chi connectivity index (χ4n) is 1.33. The lowest BCUT2D eigenvalue weighted by atomic mass is 10.3. The summed E-state index contributed by atoms with van der Waals surface area (Å²) >= 11 is 1.22. The Balaban J connectivity index is 2.27. The standard InChI is InChI=1S/C12H11FN2OS/c1-2-10-11(13)12(15-7-14-10)17-9-5-3-8(16)4-6-9/h3-7,16H,2H2,1H3. The Morgan fingerprint density at radius 3 is 2.59 bits per heavy atom. The lowest BCUT2D eigenvalue weighted by molar-refractivity contribution is 0.475. The van der Waals surface area contributed by atoms with Gasteiger partial charge in [-0.1, -0.05) is 18.7 Å². The molecule has 1 N–H and O–H groups in total. The highest BCUT2D eigenvalue weighted by atomic mass is 32.2. The number of phenols is 1. The predicted molar refractivity (Wildman–Crippen MR) is 63.6 cm³/mol. The van der Waals surface area contributed by atoms with Crippen molar-refractivity contribution >= 4 is 11.8 Å². The Bertz CT molecular complexity index is 516. The molecule has 0 fully saturated rings. The van der Waals surface area contributed by atoms with E-state index in [4.69, 9.17) is 5.11 Å². The van der Waals surface area contributed by atoms with E-state index in [1.54, 1.807) is 24.3 Å². The van der Waals surface area contributed by atoms with Crippen molar-refractivity contribution in [1.82, 2.24) is 9.97 Å². The first kappa shape index (κ1) is 11.9. The van der Waals surface area contributed by atoms with Gasteiger partial charge < -0.3 is 5.11 Å². The van der Waals surface area contributed by atoms with E-state index < -0.39 is 0 Å². The number of hydrogen-bond donors (Lipinski definition) is 1. The summed E-state index contributed by atoms with van der Waals surface area (Å²) in [5.74, 6) is -0.181. The maximum absolute atomic E-state index is 13.8. The normalized spacial score (nSPS) is 10.5. The van der Waals surface area contributed by atoms with Crippen LogP contribution in [-0.4, -0.2) is 15.1 Å². The monoisotopic (exact) mass is 250 g/mol. The molecule has 88 valence electrons. The largest absolute Gasteiger partial charge is 0.508 e. The predicted octanol–water partition coefficient (Wildman–Crippen LogP) is 3.03. The molecule has 0 unspecified atom stereocenters. The Kier molecular flexibility index (Phi) is 3.58. The van der Waals surface area contributed by atoms with Gasteiger partial charge in [0.1, 0.15) is 17.1 Å². The molecule has 5 heteroatoms. The van der Waals surface area contributed by atoms with Crippen LogP contribution in [0.25, 0.3) is 0 Å². The second-order valence-corrected chi connectivity index (χ2v) is 4.45. The van der Waals surface area contributed by atoms with Gasteiger partial charge in [-0.15, -0.1) is 0 Å². The number of hydrogen-bond acceptors (Lipinski definition) is 4. The smallest absolute Gasteiger partial charge is 0.177 e. The van der Waals surface area contributed by atoms with Crippen molar-refractivity contribution in [1.29, 1.82) is 0 Å². The van der Waals surface area contributed by atoms with Crippen molar-refractivity contribution in [3.63, 3.8) is 0 Å². The highest BCUT2D eigenvalue weighted by molar-refractivity contribution is 7.99. The van der Waals surface area contributed by atoms with Gasteiger partial charge in [-0.3, -0.25) is 0 Å². The molecule has 0 saturated carbocycles. The number of aromatic nitrogens is 2. The summed E-state index contributed by atoms with van der Waals surface area (Å²) in [6.07, 6.45) is 1.90. The maximum Gasteiger partial charge on any atom is 0.177 e. The van der Waals surface area contributed by atoms with Crippen molar-refractivity contribution in [3.8, 4) is 5.75 Å². The number of aryl methyl sites for hydroxylation is 1. The van der Waals surface area contributed by atoms with Crippen LogP contribution in [-0.2, 0) is 6.42 Å². The van der Waals surface area contributed by atoms with Gasteiger partial charge in [-0.25, -0.2) is 14.4 Å². The van der Waals surface area contributed by atoms with Gasteiger partial charge in [-0.05, 0) is 30.7 Å². The topological polar surface area (TPSA) is 46.0 Å². The molecule has 0 spiro atoms. The Labute approximate surface area is 103 Å². The molecule has 17 heavy (non-hydrogen) atoms. The van der Waals surface area contributed by atoms with Crippen molar-refractivity contribution in [2.24, 2.45) is 0 Å². The molecule has 0 amide bonds. The minimum atomic E-state index is -0.368. The Morgan fingerprint density at radius 2 is 1.94 bits per heavy atom. The molecule has 0 saturated heterocycles.